The molecule has 0 aromatic carbocycles. The molecule has 0 saturated heterocycles. The molecule has 1 atom stereocenters. The van der Waals surface area contributed by atoms with Gasteiger partial charge in [-0.3, -0.25) is 0 Å². The summed E-state index contributed by atoms with van der Waals surface area (Å²) in [5.41, 5.74) is -0.520. The van der Waals surface area contributed by atoms with Crippen molar-refractivity contribution in [2.24, 2.45) is 0 Å². The Morgan fingerprint density at radius 3 is 2.64 bits per heavy atom. The average Bonchev–Trinajstić information content (AvgIpc) is 2.11. The van der Waals surface area contributed by atoms with E-state index in [9.17, 15) is 5.11 Å². The van der Waals surface area contributed by atoms with Crippen LogP contribution in [0.5, 0.6) is 0 Å². The molecule has 0 bridgehead atoms. The molecular formula is C11H25NOS. The van der Waals surface area contributed by atoms with Crippen LogP contribution in [0.25, 0.3) is 0 Å². The summed E-state index contributed by atoms with van der Waals surface area (Å²) in [6.45, 7) is 5.76. The van der Waals surface area contributed by atoms with E-state index in [4.69, 9.17) is 0 Å². The normalized spacial score (nSPS) is 15.4. The minimum absolute atomic E-state index is 0.520. The van der Waals surface area contributed by atoms with E-state index >= 15 is 0 Å². The van der Waals surface area contributed by atoms with Gasteiger partial charge < -0.3 is 10.4 Å². The van der Waals surface area contributed by atoms with Crippen molar-refractivity contribution >= 4 is 11.8 Å². The van der Waals surface area contributed by atoms with Crippen LogP contribution in [0.4, 0.5) is 0 Å². The Labute approximate surface area is 92.9 Å². The lowest BCUT2D eigenvalue weighted by molar-refractivity contribution is 0.0502. The molecule has 0 fully saturated rings. The molecule has 0 radical (unpaired) electrons. The molecule has 0 aliphatic carbocycles. The van der Waals surface area contributed by atoms with Crippen LogP contribution in [-0.2, 0) is 0 Å². The topological polar surface area (TPSA) is 32.3 Å². The van der Waals surface area contributed by atoms with Crippen molar-refractivity contribution in [1.29, 1.82) is 0 Å². The monoisotopic (exact) mass is 219 g/mol. The molecule has 1 unspecified atom stereocenters. The number of unbranched alkanes of at least 4 members (excludes halogenated alkanes) is 1. The predicted octanol–water partition coefficient (Wildman–Crippen LogP) is 2.27. The molecule has 0 saturated carbocycles. The third kappa shape index (κ3) is 8.85. The second-order valence-corrected chi connectivity index (χ2v) is 5.11. The first kappa shape index (κ1) is 14.3. The van der Waals surface area contributed by atoms with Crippen LogP contribution in [0.3, 0.4) is 0 Å². The van der Waals surface area contributed by atoms with Crippen molar-refractivity contribution in [3.63, 3.8) is 0 Å². The van der Waals surface area contributed by atoms with Crippen molar-refractivity contribution in [3.05, 3.63) is 0 Å². The van der Waals surface area contributed by atoms with E-state index in [1.165, 1.54) is 18.6 Å². The van der Waals surface area contributed by atoms with Crippen LogP contribution in [-0.4, -0.2) is 35.8 Å². The fourth-order valence-corrected chi connectivity index (χ4v) is 1.97. The quantitative estimate of drug-likeness (QED) is 0.584. The third-order valence-electron chi connectivity index (χ3n) is 2.25. The molecular weight excluding hydrogens is 194 g/mol. The van der Waals surface area contributed by atoms with E-state index in [0.29, 0.717) is 0 Å². The molecule has 0 aliphatic rings. The van der Waals surface area contributed by atoms with Gasteiger partial charge in [-0.05, 0) is 44.7 Å². The molecule has 86 valence electrons. The summed E-state index contributed by atoms with van der Waals surface area (Å²) in [6.07, 6.45) is 6.54. The van der Waals surface area contributed by atoms with Gasteiger partial charge in [0.2, 0.25) is 0 Å². The maximum atomic E-state index is 9.85. The van der Waals surface area contributed by atoms with Crippen LogP contribution in [0.15, 0.2) is 0 Å². The van der Waals surface area contributed by atoms with Crippen LogP contribution in [0, 0.1) is 0 Å². The molecule has 0 amide bonds. The molecule has 2 N–H and O–H groups in total. The Morgan fingerprint density at radius 1 is 1.36 bits per heavy atom. The SMILES string of the molecule is CCCC(C)(O)CNCCCCSC. The van der Waals surface area contributed by atoms with Crippen LogP contribution < -0.4 is 5.32 Å². The van der Waals surface area contributed by atoms with Crippen molar-refractivity contribution in [2.75, 3.05) is 25.1 Å². The van der Waals surface area contributed by atoms with Crippen molar-refractivity contribution in [2.45, 2.75) is 45.1 Å². The number of hydrogen-bond donors (Lipinski definition) is 2. The van der Waals surface area contributed by atoms with E-state index in [0.717, 1.165) is 25.9 Å². The largest absolute Gasteiger partial charge is 0.389 e. The lowest BCUT2D eigenvalue weighted by Crippen LogP contribution is -2.38. The van der Waals surface area contributed by atoms with E-state index in [1.807, 2.05) is 18.7 Å². The Hall–Kier alpha value is 0.270. The van der Waals surface area contributed by atoms with E-state index < -0.39 is 5.60 Å². The predicted molar refractivity (Wildman–Crippen MR) is 66.0 cm³/mol. The van der Waals surface area contributed by atoms with E-state index in [-0.39, 0.29) is 0 Å². The summed E-state index contributed by atoms with van der Waals surface area (Å²) in [4.78, 5) is 0. The summed E-state index contributed by atoms with van der Waals surface area (Å²) in [7, 11) is 0. The van der Waals surface area contributed by atoms with Crippen molar-refractivity contribution in [3.8, 4) is 0 Å². The second-order valence-electron chi connectivity index (χ2n) is 4.12. The molecule has 0 rings (SSSR count). The zero-order valence-electron chi connectivity index (χ0n) is 9.81. The highest BCUT2D eigenvalue weighted by molar-refractivity contribution is 7.98. The van der Waals surface area contributed by atoms with Crippen LogP contribution in [0.2, 0.25) is 0 Å². The number of nitrogens with one attached hydrogen (secondary N) is 1. The number of hydrogen-bond acceptors (Lipinski definition) is 3. The van der Waals surface area contributed by atoms with Crippen LogP contribution >= 0.6 is 11.8 Å². The minimum atomic E-state index is -0.520. The Morgan fingerprint density at radius 2 is 2.07 bits per heavy atom. The highest BCUT2D eigenvalue weighted by atomic mass is 32.2. The highest BCUT2D eigenvalue weighted by Gasteiger charge is 2.17. The van der Waals surface area contributed by atoms with E-state index in [2.05, 4.69) is 18.5 Å². The summed E-state index contributed by atoms with van der Waals surface area (Å²) in [5, 5.41) is 13.2. The Balaban J connectivity index is 3.26. The third-order valence-corrected chi connectivity index (χ3v) is 2.94. The molecule has 0 aromatic rings. The molecule has 2 nitrogen and oxygen atoms in total. The van der Waals surface area contributed by atoms with Gasteiger partial charge in [-0.2, -0.15) is 11.8 Å². The number of thioether (sulfide) groups is 1. The maximum absolute atomic E-state index is 9.85. The standard InChI is InChI=1S/C11H25NOS/c1-4-7-11(2,13)10-12-8-5-6-9-14-3/h12-13H,4-10H2,1-3H3. The average molecular weight is 219 g/mol. The Bertz CT molecular complexity index is 128. The van der Waals surface area contributed by atoms with Crippen molar-refractivity contribution < 1.29 is 5.11 Å². The molecule has 0 spiro atoms. The Kier molecular flexibility index (Phi) is 8.73. The van der Waals surface area contributed by atoms with Gasteiger partial charge in [-0.25, -0.2) is 0 Å². The molecule has 0 aromatic heterocycles. The summed E-state index contributed by atoms with van der Waals surface area (Å²) >= 11 is 1.90. The summed E-state index contributed by atoms with van der Waals surface area (Å²) in [6, 6.07) is 0. The molecule has 0 aliphatic heterocycles. The summed E-state index contributed by atoms with van der Waals surface area (Å²) in [5.74, 6) is 1.24. The van der Waals surface area contributed by atoms with Gasteiger partial charge in [0.05, 0.1) is 5.60 Å². The maximum Gasteiger partial charge on any atom is 0.0743 e. The molecule has 0 heterocycles. The van der Waals surface area contributed by atoms with Crippen LogP contribution in [0.1, 0.15) is 39.5 Å². The van der Waals surface area contributed by atoms with Crippen molar-refractivity contribution in [1.82, 2.24) is 5.32 Å². The van der Waals surface area contributed by atoms with Gasteiger partial charge in [0.1, 0.15) is 0 Å². The zero-order valence-corrected chi connectivity index (χ0v) is 10.6. The first-order valence-electron chi connectivity index (χ1n) is 5.54. The van der Waals surface area contributed by atoms with Gasteiger partial charge >= 0.3 is 0 Å². The van der Waals surface area contributed by atoms with Gasteiger partial charge in [0.15, 0.2) is 0 Å². The zero-order chi connectivity index (χ0) is 10.9. The first-order chi connectivity index (χ1) is 6.62. The molecule has 14 heavy (non-hydrogen) atoms. The lowest BCUT2D eigenvalue weighted by Gasteiger charge is -2.22. The smallest absolute Gasteiger partial charge is 0.0743 e. The van der Waals surface area contributed by atoms with Gasteiger partial charge in [-0.1, -0.05) is 13.3 Å². The fourth-order valence-electron chi connectivity index (χ4n) is 1.48. The van der Waals surface area contributed by atoms with Gasteiger partial charge in [-0.15, -0.1) is 0 Å². The van der Waals surface area contributed by atoms with Gasteiger partial charge in [0.25, 0.3) is 0 Å². The summed E-state index contributed by atoms with van der Waals surface area (Å²) < 4.78 is 0. The first-order valence-corrected chi connectivity index (χ1v) is 6.94. The number of rotatable bonds is 9. The van der Waals surface area contributed by atoms with Gasteiger partial charge in [0, 0.05) is 6.54 Å². The number of aliphatic hydroxyl groups is 1. The molecule has 3 heteroatoms. The second kappa shape index (κ2) is 8.57. The minimum Gasteiger partial charge on any atom is -0.389 e. The lowest BCUT2D eigenvalue weighted by atomic mass is 10.0. The highest BCUT2D eigenvalue weighted by Crippen LogP contribution is 2.09. The fraction of sp³-hybridized carbons (Fsp3) is 1.00. The van der Waals surface area contributed by atoms with E-state index in [1.54, 1.807) is 0 Å².